The van der Waals surface area contributed by atoms with Crippen LogP contribution in [-0.4, -0.2) is 181 Å². The summed E-state index contributed by atoms with van der Waals surface area (Å²) >= 11 is 0. The van der Waals surface area contributed by atoms with Crippen LogP contribution in [0.4, 0.5) is 0 Å². The molecule has 0 unspecified atom stereocenters. The van der Waals surface area contributed by atoms with E-state index < -0.39 is 174 Å². The van der Waals surface area contributed by atoms with Crippen LogP contribution in [0, 0.1) is 40.9 Å². The molecule has 562 valence electrons. The first-order valence-corrected chi connectivity index (χ1v) is 35.7. The van der Waals surface area contributed by atoms with Crippen molar-refractivity contribution < 1.29 is 62.6 Å². The first-order valence-electron chi connectivity index (χ1n) is 35.7. The van der Waals surface area contributed by atoms with Crippen molar-refractivity contribution in [3.63, 3.8) is 0 Å². The van der Waals surface area contributed by atoms with Crippen LogP contribution >= 0.6 is 0 Å². The van der Waals surface area contributed by atoms with Gasteiger partial charge in [0.1, 0.15) is 60.5 Å². The summed E-state index contributed by atoms with van der Waals surface area (Å²) in [4.78, 5) is 167. The van der Waals surface area contributed by atoms with Crippen LogP contribution < -0.4 is 81.8 Å². The molecule has 1 heterocycles. The number of Topliss-reactive ketones (excluding diaryl/α,β-unsaturated/α-hetero) is 1. The van der Waals surface area contributed by atoms with Gasteiger partial charge in [-0.3, -0.25) is 63.3 Å². The van der Waals surface area contributed by atoms with Gasteiger partial charge in [-0.15, -0.1) is 0 Å². The maximum Gasteiger partial charge on any atom is 0.329 e. The van der Waals surface area contributed by atoms with Gasteiger partial charge >= 0.3 is 5.97 Å². The molecule has 31 nitrogen and oxygen atoms in total. The second-order valence-corrected chi connectivity index (χ2v) is 26.9. The lowest BCUT2D eigenvalue weighted by Gasteiger charge is -2.33. The normalized spacial score (nSPS) is 21.1. The van der Waals surface area contributed by atoms with E-state index >= 15 is 0 Å². The molecule has 2 fully saturated rings. The number of esters is 1. The maximum atomic E-state index is 14.8. The van der Waals surface area contributed by atoms with Crippen molar-refractivity contribution in [2.75, 3.05) is 26.7 Å². The number of rotatable bonds is 40. The van der Waals surface area contributed by atoms with Gasteiger partial charge in [-0.1, -0.05) is 137 Å². The zero-order valence-electron chi connectivity index (χ0n) is 60.4. The molecule has 0 radical (unpaired) electrons. The standard InChI is InChI=1S/C69H118N18O13/c1-11-38(5)52(83-61(93)48(76-10)35-43-25-17-15-18-26-43)63(95)80-47(31-24-34-78-69(74)75)59(91)79-46(30-21-22-32-51(70)71)60(92)82-54(40(7)13-3)65(97)84-53(39(6)12-2)64(96)81-49(37-88)62(94)86-56-42(9)100-67(99)55(41(8)14-4)85-66(98)57(44-27-19-16-20-28-44)87-58(90)45(36-50(56)89)29-23-33-77-68(72)73/h15,17-18,25-26,38-42,44-49,52-57,76,88H,11-14,16,19-24,27-37H2,1-10H3,(H3,70,71)(H,79,91)(H,80,95)(H,81,96)(H,82,92)(H,83,93)(H,84,97)(H,85,98)(H,86,94)(H,87,90)(H4,72,73,77)(H4,74,75,78)/t38-,39-,40+,41-,42-,45+,46+,47-,48+,49-,52-,53-,54+,55-,56+,57-/m0/s1. The van der Waals surface area contributed by atoms with Crippen LogP contribution in [0.1, 0.15) is 183 Å². The fraction of sp³-hybridized carbons (Fsp3) is 0.710. The molecule has 0 aromatic heterocycles. The molecule has 1 aliphatic heterocycles. The van der Waals surface area contributed by atoms with Gasteiger partial charge in [0.2, 0.25) is 53.2 Å². The number of nitrogens with zero attached hydrogens (tertiary/aromatic N) is 2. The molecule has 2 aliphatic rings. The number of aliphatic hydroxyl groups excluding tert-OH is 1. The van der Waals surface area contributed by atoms with Crippen molar-refractivity contribution in [3.05, 3.63) is 35.9 Å². The fourth-order valence-corrected chi connectivity index (χ4v) is 12.1. The molecule has 9 amide bonds. The van der Waals surface area contributed by atoms with Crippen molar-refractivity contribution in [1.82, 2.24) is 53.2 Å². The summed E-state index contributed by atoms with van der Waals surface area (Å²) in [7, 11) is 1.63. The highest BCUT2D eigenvalue weighted by Gasteiger charge is 2.43. The molecule has 100 heavy (non-hydrogen) atoms. The number of benzene rings is 1. The second-order valence-electron chi connectivity index (χ2n) is 26.9. The summed E-state index contributed by atoms with van der Waals surface area (Å²) in [6.45, 7) is 14.5. The number of nitrogens with one attached hydrogen (secondary N) is 11. The van der Waals surface area contributed by atoms with Crippen molar-refractivity contribution >= 4 is 82.7 Å². The lowest BCUT2D eigenvalue weighted by molar-refractivity contribution is -0.157. The largest absolute Gasteiger partial charge is 0.458 e. The molecular formula is C69H118N18O13. The zero-order valence-corrected chi connectivity index (χ0v) is 60.4. The topological polar surface area (TPSA) is 516 Å². The van der Waals surface area contributed by atoms with Gasteiger partial charge < -0.3 is 91.7 Å². The highest BCUT2D eigenvalue weighted by atomic mass is 16.5. The van der Waals surface area contributed by atoms with Gasteiger partial charge in [-0.2, -0.15) is 0 Å². The summed E-state index contributed by atoms with van der Waals surface area (Å²) < 4.78 is 5.93. The summed E-state index contributed by atoms with van der Waals surface area (Å²) in [6, 6.07) is -3.75. The Hall–Kier alpha value is -8.48. The first-order chi connectivity index (χ1) is 47.4. The van der Waals surface area contributed by atoms with E-state index in [4.69, 9.17) is 38.8 Å². The Morgan fingerprint density at radius 1 is 0.610 bits per heavy atom. The van der Waals surface area contributed by atoms with E-state index in [-0.39, 0.29) is 88.1 Å². The Bertz CT molecular complexity index is 2910. The second kappa shape index (κ2) is 44.6. The molecule has 0 bridgehead atoms. The van der Waals surface area contributed by atoms with Gasteiger partial charge in [0.25, 0.3) is 0 Å². The van der Waals surface area contributed by atoms with E-state index in [9.17, 15) is 57.8 Å². The first kappa shape index (κ1) is 85.7. The van der Waals surface area contributed by atoms with Crippen LogP contribution in [0.2, 0.25) is 0 Å². The van der Waals surface area contributed by atoms with Crippen molar-refractivity contribution in [3.8, 4) is 0 Å². The minimum Gasteiger partial charge on any atom is -0.458 e. The zero-order chi connectivity index (χ0) is 74.8. The molecule has 1 saturated carbocycles. The van der Waals surface area contributed by atoms with Crippen molar-refractivity contribution in [2.24, 2.45) is 74.2 Å². The van der Waals surface area contributed by atoms with E-state index in [2.05, 4.69) is 63.2 Å². The monoisotopic (exact) mass is 1410 g/mol. The number of ketones is 1. The lowest BCUT2D eigenvalue weighted by atomic mass is 9.82. The number of amides is 9. The SMILES string of the molecule is CC[C@@H](C)[C@@H](NC(=O)[C@@H](CCCCC(=N)N)NC(=O)[C@H](CCCN=C(N)N)NC(=O)[C@@H](NC(=O)[C@@H](Cc1ccccc1)NC)[C@@H](C)CC)C(=O)N[C@H](C(=O)N[C@@H](CO)C(=O)N[C@H]1C(=O)C[C@@H](CCCN=C(N)N)C(=O)N[C@@H](C2CCCCC2)C(=O)N[C@@H]([C@@H](C)CC)C(=O)O[C@H]1C)[C@@H](C)CC. The molecular weight excluding hydrogens is 1290 g/mol. The number of hydrogen-bond donors (Lipinski definition) is 17. The number of unbranched alkanes of at least 4 members (excludes halogenated alkanes) is 1. The quantitative estimate of drug-likeness (QED) is 0.0179. The number of carbonyl (C=O) groups is 11. The van der Waals surface area contributed by atoms with Crippen LogP contribution in [-0.2, 0) is 63.9 Å². The van der Waals surface area contributed by atoms with Crippen LogP contribution in [0.25, 0.3) is 0 Å². The van der Waals surface area contributed by atoms with Crippen molar-refractivity contribution in [1.29, 1.82) is 5.41 Å². The summed E-state index contributed by atoms with van der Waals surface area (Å²) in [5.41, 5.74) is 28.9. The van der Waals surface area contributed by atoms with Gasteiger partial charge in [0.15, 0.2) is 17.7 Å². The fourth-order valence-electron chi connectivity index (χ4n) is 12.1. The Morgan fingerprint density at radius 2 is 1.10 bits per heavy atom. The van der Waals surface area contributed by atoms with Crippen LogP contribution in [0.5, 0.6) is 0 Å². The number of aliphatic imine (C=N–C) groups is 2. The predicted molar refractivity (Wildman–Crippen MR) is 381 cm³/mol. The number of guanidine groups is 2. The van der Waals surface area contributed by atoms with E-state index in [1.807, 2.05) is 44.2 Å². The van der Waals surface area contributed by atoms with E-state index in [0.717, 1.165) is 24.8 Å². The summed E-state index contributed by atoms with van der Waals surface area (Å²) in [5.74, 6) is -12.6. The number of amidine groups is 1. The van der Waals surface area contributed by atoms with Crippen molar-refractivity contribution in [2.45, 2.75) is 251 Å². The molecule has 3 rings (SSSR count). The molecule has 1 saturated heterocycles. The molecule has 16 atom stereocenters. The Kier molecular flexibility index (Phi) is 38.2. The molecule has 0 spiro atoms. The maximum absolute atomic E-state index is 14.8. The lowest BCUT2D eigenvalue weighted by Crippen LogP contribution is -2.62. The van der Waals surface area contributed by atoms with E-state index in [1.165, 1.54) is 6.92 Å². The number of likely N-dealkylation sites (N-methyl/N-ethyl adjacent to an activating group) is 1. The molecule has 1 aromatic rings. The third-order valence-electron chi connectivity index (χ3n) is 19.2. The molecule has 1 aliphatic carbocycles. The van der Waals surface area contributed by atoms with Gasteiger partial charge in [-0.05, 0) is 107 Å². The van der Waals surface area contributed by atoms with Gasteiger partial charge in [0, 0.05) is 31.8 Å². The average molecular weight is 1410 g/mol. The molecule has 31 heteroatoms. The third-order valence-corrected chi connectivity index (χ3v) is 19.2. The molecule has 1 aromatic carbocycles. The summed E-state index contributed by atoms with van der Waals surface area (Å²) in [5, 5.41) is 46.5. The van der Waals surface area contributed by atoms with Gasteiger partial charge in [-0.25, -0.2) is 4.79 Å². The Morgan fingerprint density at radius 3 is 1.61 bits per heavy atom. The highest BCUT2D eigenvalue weighted by molar-refractivity contribution is 6.00. The number of nitrogens with two attached hydrogens (primary N) is 5. The Labute approximate surface area is 589 Å². The minimum atomic E-state index is -1.80. The Balaban J connectivity index is 1.99. The number of aliphatic hydroxyl groups is 1. The third kappa shape index (κ3) is 28.6. The smallest absolute Gasteiger partial charge is 0.329 e. The van der Waals surface area contributed by atoms with Crippen LogP contribution in [0.3, 0.4) is 0 Å². The van der Waals surface area contributed by atoms with E-state index in [1.54, 1.807) is 48.6 Å². The number of hydrogen-bond acceptors (Lipinski definition) is 17. The predicted octanol–water partition coefficient (Wildman–Crippen LogP) is 0.0616. The number of carbonyl (C=O) groups excluding carboxylic acids is 11. The highest BCUT2D eigenvalue weighted by Crippen LogP contribution is 2.29. The molecule has 22 N–H and O–H groups in total. The van der Waals surface area contributed by atoms with Gasteiger partial charge in [0.05, 0.1) is 18.5 Å². The average Bonchev–Trinajstić information content (AvgIpc) is 1.53. The summed E-state index contributed by atoms with van der Waals surface area (Å²) in [6.07, 6.45) is 4.82. The van der Waals surface area contributed by atoms with Crippen LogP contribution in [0.15, 0.2) is 40.3 Å². The number of ether oxygens (including phenoxy) is 1. The minimum absolute atomic E-state index is 0.0306. The van der Waals surface area contributed by atoms with E-state index in [0.29, 0.717) is 44.9 Å². The number of cyclic esters (lactones) is 1.